The molecule has 1 aromatic rings. The lowest BCUT2D eigenvalue weighted by Crippen LogP contribution is -2.28. The first kappa shape index (κ1) is 18.6. The van der Waals surface area contributed by atoms with Gasteiger partial charge in [0, 0.05) is 41.4 Å². The SMILES string of the molecule is CN(C)CCN(C)Cc1cc(Br)cc(C=NCC(=O)O)c1O. The molecule has 0 bridgehead atoms. The van der Waals surface area contributed by atoms with Crippen molar-refractivity contribution in [2.45, 2.75) is 6.54 Å². The molecule has 0 amide bonds. The fraction of sp³-hybridized carbons (Fsp3) is 0.467. The van der Waals surface area contributed by atoms with Gasteiger partial charge >= 0.3 is 5.97 Å². The number of hydrogen-bond acceptors (Lipinski definition) is 5. The molecule has 0 aromatic heterocycles. The van der Waals surface area contributed by atoms with Crippen LogP contribution in [-0.2, 0) is 11.3 Å². The summed E-state index contributed by atoms with van der Waals surface area (Å²) >= 11 is 3.40. The summed E-state index contributed by atoms with van der Waals surface area (Å²) in [6.07, 6.45) is 1.39. The standard InChI is InChI=1S/C15H22BrN3O3/c1-18(2)4-5-19(3)10-12-7-13(16)6-11(15(12)22)8-17-9-14(20)21/h6-8,22H,4-5,9-10H2,1-3H3,(H,20,21). The molecule has 0 atom stereocenters. The lowest BCUT2D eigenvalue weighted by molar-refractivity contribution is -0.135. The molecule has 0 saturated carbocycles. The van der Waals surface area contributed by atoms with Crippen molar-refractivity contribution >= 4 is 28.1 Å². The van der Waals surface area contributed by atoms with Crippen LogP contribution in [0.1, 0.15) is 11.1 Å². The number of phenols is 1. The Bertz CT molecular complexity index is 547. The van der Waals surface area contributed by atoms with E-state index in [-0.39, 0.29) is 12.3 Å². The molecule has 7 heteroatoms. The van der Waals surface area contributed by atoms with Crippen molar-refractivity contribution in [1.29, 1.82) is 0 Å². The van der Waals surface area contributed by atoms with E-state index in [1.165, 1.54) is 6.21 Å². The van der Waals surface area contributed by atoms with Gasteiger partial charge in [0.15, 0.2) is 0 Å². The molecule has 0 heterocycles. The van der Waals surface area contributed by atoms with Crippen molar-refractivity contribution in [2.75, 3.05) is 40.8 Å². The average Bonchev–Trinajstić information content (AvgIpc) is 2.41. The van der Waals surface area contributed by atoms with E-state index in [9.17, 15) is 9.90 Å². The summed E-state index contributed by atoms with van der Waals surface area (Å²) in [4.78, 5) is 18.5. The Balaban J connectivity index is 2.85. The zero-order chi connectivity index (χ0) is 16.7. The molecule has 0 saturated heterocycles. The van der Waals surface area contributed by atoms with Crippen LogP contribution in [0.3, 0.4) is 0 Å². The van der Waals surface area contributed by atoms with E-state index in [2.05, 4.69) is 30.7 Å². The number of aromatic hydroxyl groups is 1. The van der Waals surface area contributed by atoms with Crippen molar-refractivity contribution in [3.8, 4) is 5.75 Å². The van der Waals surface area contributed by atoms with E-state index in [1.54, 1.807) is 6.07 Å². The van der Waals surface area contributed by atoms with Crippen molar-refractivity contribution in [3.63, 3.8) is 0 Å². The number of nitrogens with zero attached hydrogens (tertiary/aromatic N) is 3. The van der Waals surface area contributed by atoms with Crippen molar-refractivity contribution in [1.82, 2.24) is 9.80 Å². The Kier molecular flexibility index (Phi) is 7.50. The fourth-order valence-corrected chi connectivity index (χ4v) is 2.38. The van der Waals surface area contributed by atoms with Crippen LogP contribution in [-0.4, -0.2) is 73.0 Å². The summed E-state index contributed by atoms with van der Waals surface area (Å²) in [5.74, 6) is -0.872. The molecule has 0 radical (unpaired) electrons. The number of carboxylic acid groups (broad SMARTS) is 1. The van der Waals surface area contributed by atoms with Gasteiger partial charge in [0.05, 0.1) is 0 Å². The van der Waals surface area contributed by atoms with Crippen molar-refractivity contribution in [3.05, 3.63) is 27.7 Å². The van der Waals surface area contributed by atoms with Crippen LogP contribution in [0.5, 0.6) is 5.75 Å². The van der Waals surface area contributed by atoms with Crippen LogP contribution < -0.4 is 0 Å². The number of rotatable bonds is 8. The third-order valence-electron chi connectivity index (χ3n) is 3.01. The summed E-state index contributed by atoms with van der Waals surface area (Å²) in [6.45, 7) is 2.09. The molecule has 0 aliphatic heterocycles. The number of likely N-dealkylation sites (N-methyl/N-ethyl adjacent to an activating group) is 2. The molecule has 22 heavy (non-hydrogen) atoms. The van der Waals surface area contributed by atoms with Crippen molar-refractivity contribution < 1.29 is 15.0 Å². The number of hydrogen-bond donors (Lipinski definition) is 2. The molecule has 0 fully saturated rings. The predicted molar refractivity (Wildman–Crippen MR) is 90.8 cm³/mol. The number of halogens is 1. The minimum absolute atomic E-state index is 0.133. The number of carboxylic acids is 1. The molecule has 6 nitrogen and oxygen atoms in total. The minimum Gasteiger partial charge on any atom is -0.507 e. The van der Waals surface area contributed by atoms with Crippen LogP contribution in [0.2, 0.25) is 0 Å². The molecule has 0 aliphatic carbocycles. The van der Waals surface area contributed by atoms with Gasteiger partial charge in [-0.25, -0.2) is 0 Å². The topological polar surface area (TPSA) is 76.4 Å². The maximum absolute atomic E-state index is 10.5. The maximum atomic E-state index is 10.5. The monoisotopic (exact) mass is 371 g/mol. The van der Waals surface area contributed by atoms with E-state index >= 15 is 0 Å². The van der Waals surface area contributed by atoms with E-state index < -0.39 is 5.97 Å². The first-order valence-electron chi connectivity index (χ1n) is 6.86. The number of aliphatic imine (C=N–C) groups is 1. The van der Waals surface area contributed by atoms with Crippen molar-refractivity contribution in [2.24, 2.45) is 4.99 Å². The van der Waals surface area contributed by atoms with Gasteiger partial charge in [-0.05, 0) is 33.3 Å². The second-order valence-corrected chi connectivity index (χ2v) is 6.32. The van der Waals surface area contributed by atoms with Gasteiger partial charge in [-0.3, -0.25) is 9.79 Å². The molecule has 1 aromatic carbocycles. The molecule has 1 rings (SSSR count). The van der Waals surface area contributed by atoms with Gasteiger partial charge in [0.2, 0.25) is 0 Å². The highest BCUT2D eigenvalue weighted by Gasteiger charge is 2.10. The number of aliphatic carboxylic acids is 1. The Morgan fingerprint density at radius 2 is 2.00 bits per heavy atom. The van der Waals surface area contributed by atoms with Crippen LogP contribution in [0, 0.1) is 0 Å². The first-order chi connectivity index (χ1) is 10.3. The Labute approximate surface area is 139 Å². The van der Waals surface area contributed by atoms with E-state index in [0.717, 1.165) is 23.1 Å². The van der Waals surface area contributed by atoms with Gasteiger partial charge in [0.1, 0.15) is 12.3 Å². The van der Waals surface area contributed by atoms with Crippen LogP contribution >= 0.6 is 15.9 Å². The normalized spacial score (nSPS) is 11.7. The van der Waals surface area contributed by atoms with E-state index in [1.807, 2.05) is 27.2 Å². The Morgan fingerprint density at radius 1 is 1.32 bits per heavy atom. The summed E-state index contributed by atoms with van der Waals surface area (Å²) in [5.41, 5.74) is 1.28. The summed E-state index contributed by atoms with van der Waals surface area (Å²) in [5, 5.41) is 18.9. The zero-order valence-electron chi connectivity index (χ0n) is 13.1. The van der Waals surface area contributed by atoms with Crippen LogP contribution in [0.4, 0.5) is 0 Å². The highest BCUT2D eigenvalue weighted by atomic mass is 79.9. The number of carbonyl (C=O) groups is 1. The zero-order valence-corrected chi connectivity index (χ0v) is 14.7. The molecular weight excluding hydrogens is 350 g/mol. The molecule has 2 N–H and O–H groups in total. The van der Waals surface area contributed by atoms with Gasteiger partial charge in [-0.2, -0.15) is 0 Å². The third kappa shape index (κ3) is 6.55. The highest BCUT2D eigenvalue weighted by Crippen LogP contribution is 2.27. The lowest BCUT2D eigenvalue weighted by Gasteiger charge is -2.20. The summed E-state index contributed by atoms with van der Waals surface area (Å²) in [6, 6.07) is 3.57. The van der Waals surface area contributed by atoms with Crippen LogP contribution in [0.15, 0.2) is 21.6 Å². The molecule has 122 valence electrons. The maximum Gasteiger partial charge on any atom is 0.325 e. The number of benzene rings is 1. The number of phenolic OH excluding ortho intramolecular Hbond substituents is 1. The highest BCUT2D eigenvalue weighted by molar-refractivity contribution is 9.10. The Hall–Kier alpha value is -1.44. The molecule has 0 unspecified atom stereocenters. The van der Waals surface area contributed by atoms with Gasteiger partial charge in [0.25, 0.3) is 0 Å². The lowest BCUT2D eigenvalue weighted by atomic mass is 10.1. The summed E-state index contributed by atoms with van der Waals surface area (Å²) in [7, 11) is 6.02. The fourth-order valence-electron chi connectivity index (χ4n) is 1.86. The molecule has 0 spiro atoms. The Morgan fingerprint density at radius 3 is 2.59 bits per heavy atom. The average molecular weight is 372 g/mol. The van der Waals surface area contributed by atoms with E-state index in [4.69, 9.17) is 5.11 Å². The van der Waals surface area contributed by atoms with Gasteiger partial charge < -0.3 is 20.0 Å². The first-order valence-corrected chi connectivity index (χ1v) is 7.65. The second-order valence-electron chi connectivity index (χ2n) is 5.41. The van der Waals surface area contributed by atoms with E-state index in [0.29, 0.717) is 12.1 Å². The predicted octanol–water partition coefficient (Wildman–Crippen LogP) is 1.65. The van der Waals surface area contributed by atoms with Crippen LogP contribution in [0.25, 0.3) is 0 Å². The van der Waals surface area contributed by atoms with Gasteiger partial charge in [-0.1, -0.05) is 15.9 Å². The smallest absolute Gasteiger partial charge is 0.325 e. The minimum atomic E-state index is -1.01. The molecular formula is C15H22BrN3O3. The third-order valence-corrected chi connectivity index (χ3v) is 3.47. The molecule has 0 aliphatic rings. The quantitative estimate of drug-likeness (QED) is 0.679. The largest absolute Gasteiger partial charge is 0.507 e. The summed E-state index contributed by atoms with van der Waals surface area (Å²) < 4.78 is 0.818. The second kappa shape index (κ2) is 8.87. The van der Waals surface area contributed by atoms with Gasteiger partial charge in [-0.15, -0.1) is 0 Å².